The molecule has 32 heavy (non-hydrogen) atoms. The Morgan fingerprint density at radius 1 is 1.12 bits per heavy atom. The number of imide groups is 1. The quantitative estimate of drug-likeness (QED) is 0.431. The van der Waals surface area contributed by atoms with Gasteiger partial charge in [0.2, 0.25) is 5.91 Å². The van der Waals surface area contributed by atoms with Crippen LogP contribution in [-0.4, -0.2) is 47.0 Å². The number of aromatic carboxylic acids is 1. The SMILES string of the molecule is C=C(C)COc1ccc(C2(C)NC(=O)N(CC(=O)Nc3ccc(C(=O)O)cc3)C2=O)cc1. The molecule has 1 atom stereocenters. The van der Waals surface area contributed by atoms with Crippen LogP contribution in [0.3, 0.4) is 0 Å². The van der Waals surface area contributed by atoms with E-state index in [-0.39, 0.29) is 5.56 Å². The van der Waals surface area contributed by atoms with Crippen molar-refractivity contribution in [1.29, 1.82) is 0 Å². The lowest BCUT2D eigenvalue weighted by Gasteiger charge is -2.22. The first-order valence-corrected chi connectivity index (χ1v) is 9.75. The van der Waals surface area contributed by atoms with E-state index in [9.17, 15) is 19.2 Å². The molecular formula is C23H23N3O6. The number of amides is 4. The fourth-order valence-corrected chi connectivity index (χ4v) is 3.17. The van der Waals surface area contributed by atoms with E-state index < -0.39 is 35.9 Å². The molecule has 0 aliphatic carbocycles. The molecule has 9 heteroatoms. The van der Waals surface area contributed by atoms with Gasteiger partial charge in [0.05, 0.1) is 5.56 Å². The lowest BCUT2D eigenvalue weighted by Crippen LogP contribution is -2.42. The van der Waals surface area contributed by atoms with Gasteiger partial charge >= 0.3 is 12.0 Å². The fraction of sp³-hybridized carbons (Fsp3) is 0.217. The number of carbonyl (C=O) groups excluding carboxylic acids is 3. The van der Waals surface area contributed by atoms with Gasteiger partial charge in [0.25, 0.3) is 5.91 Å². The molecule has 9 nitrogen and oxygen atoms in total. The molecule has 1 unspecified atom stereocenters. The zero-order chi connectivity index (χ0) is 23.5. The summed E-state index contributed by atoms with van der Waals surface area (Å²) in [5.74, 6) is -1.64. The van der Waals surface area contributed by atoms with Crippen molar-refractivity contribution in [2.45, 2.75) is 19.4 Å². The zero-order valence-electron chi connectivity index (χ0n) is 17.7. The molecule has 0 spiro atoms. The number of ether oxygens (including phenoxy) is 1. The third-order valence-corrected chi connectivity index (χ3v) is 4.91. The first kappa shape index (κ1) is 22.5. The first-order chi connectivity index (χ1) is 15.1. The van der Waals surface area contributed by atoms with E-state index in [0.717, 1.165) is 10.5 Å². The molecule has 2 aromatic carbocycles. The largest absolute Gasteiger partial charge is 0.489 e. The third-order valence-electron chi connectivity index (χ3n) is 4.91. The highest BCUT2D eigenvalue weighted by atomic mass is 16.5. The highest BCUT2D eigenvalue weighted by Gasteiger charge is 2.49. The van der Waals surface area contributed by atoms with Crippen LogP contribution >= 0.6 is 0 Å². The lowest BCUT2D eigenvalue weighted by atomic mass is 9.92. The number of rotatable bonds is 8. The van der Waals surface area contributed by atoms with E-state index in [4.69, 9.17) is 9.84 Å². The smallest absolute Gasteiger partial charge is 0.335 e. The molecule has 166 valence electrons. The highest BCUT2D eigenvalue weighted by molar-refractivity contribution is 6.10. The number of carboxylic acid groups (broad SMARTS) is 1. The second-order valence-corrected chi connectivity index (χ2v) is 7.65. The third kappa shape index (κ3) is 4.77. The molecule has 1 aliphatic heterocycles. The summed E-state index contributed by atoms with van der Waals surface area (Å²) in [5, 5.41) is 14.1. The van der Waals surface area contributed by atoms with Crippen LogP contribution in [0.2, 0.25) is 0 Å². The Kier molecular flexibility index (Phi) is 6.29. The van der Waals surface area contributed by atoms with Crippen LogP contribution in [0.1, 0.15) is 29.8 Å². The average molecular weight is 437 g/mol. The van der Waals surface area contributed by atoms with Crippen LogP contribution in [0.15, 0.2) is 60.7 Å². The minimum absolute atomic E-state index is 0.0731. The predicted octanol–water partition coefficient (Wildman–Crippen LogP) is 2.75. The maximum absolute atomic E-state index is 13.0. The average Bonchev–Trinajstić information content (AvgIpc) is 2.97. The number of urea groups is 1. The molecule has 1 aliphatic rings. The van der Waals surface area contributed by atoms with Gasteiger partial charge < -0.3 is 20.5 Å². The van der Waals surface area contributed by atoms with Gasteiger partial charge in [0.1, 0.15) is 24.4 Å². The first-order valence-electron chi connectivity index (χ1n) is 9.75. The summed E-state index contributed by atoms with van der Waals surface area (Å²) in [6, 6.07) is 11.6. The van der Waals surface area contributed by atoms with Crippen molar-refractivity contribution in [2.75, 3.05) is 18.5 Å². The van der Waals surface area contributed by atoms with Gasteiger partial charge in [0, 0.05) is 5.69 Å². The molecule has 0 saturated carbocycles. The van der Waals surface area contributed by atoms with Gasteiger partial charge in [-0.05, 0) is 61.4 Å². The van der Waals surface area contributed by atoms with Crippen LogP contribution < -0.4 is 15.4 Å². The van der Waals surface area contributed by atoms with Crippen molar-refractivity contribution in [3.63, 3.8) is 0 Å². The number of carbonyl (C=O) groups is 4. The summed E-state index contributed by atoms with van der Waals surface area (Å²) in [6.45, 7) is 7.07. The van der Waals surface area contributed by atoms with Gasteiger partial charge in [-0.15, -0.1) is 0 Å². The second kappa shape index (κ2) is 8.93. The van der Waals surface area contributed by atoms with Crippen LogP contribution in [-0.2, 0) is 15.1 Å². The molecule has 3 rings (SSSR count). The van der Waals surface area contributed by atoms with Crippen LogP contribution in [0.25, 0.3) is 0 Å². The predicted molar refractivity (Wildman–Crippen MR) is 116 cm³/mol. The Morgan fingerprint density at radius 2 is 1.75 bits per heavy atom. The summed E-state index contributed by atoms with van der Waals surface area (Å²) < 4.78 is 5.55. The molecule has 1 saturated heterocycles. The summed E-state index contributed by atoms with van der Waals surface area (Å²) in [5.41, 5.74) is 0.508. The maximum Gasteiger partial charge on any atom is 0.335 e. The van der Waals surface area contributed by atoms with Gasteiger partial charge in [-0.25, -0.2) is 9.59 Å². The molecule has 3 N–H and O–H groups in total. The summed E-state index contributed by atoms with van der Waals surface area (Å²) in [6.07, 6.45) is 0. The van der Waals surface area contributed by atoms with E-state index in [2.05, 4.69) is 17.2 Å². The number of benzene rings is 2. The van der Waals surface area contributed by atoms with Crippen molar-refractivity contribution in [3.05, 3.63) is 71.8 Å². The summed E-state index contributed by atoms with van der Waals surface area (Å²) >= 11 is 0. The Labute approximate surface area is 184 Å². The number of hydrogen-bond donors (Lipinski definition) is 3. The van der Waals surface area contributed by atoms with Gasteiger partial charge in [-0.2, -0.15) is 0 Å². The monoisotopic (exact) mass is 437 g/mol. The van der Waals surface area contributed by atoms with Crippen LogP contribution in [0.5, 0.6) is 5.75 Å². The number of hydrogen-bond acceptors (Lipinski definition) is 5. The normalized spacial score (nSPS) is 17.6. The minimum atomic E-state index is -1.33. The van der Waals surface area contributed by atoms with Crippen LogP contribution in [0, 0.1) is 0 Å². The standard InChI is InChI=1S/C23H23N3O6/c1-14(2)13-32-18-10-6-16(7-11-18)23(3)21(30)26(22(31)25-23)12-19(27)24-17-8-4-15(5-9-17)20(28)29/h4-11H,1,12-13H2,2-3H3,(H,24,27)(H,25,31)(H,28,29). The summed E-state index contributed by atoms with van der Waals surface area (Å²) in [7, 11) is 0. The Bertz CT molecular complexity index is 1080. The second-order valence-electron chi connectivity index (χ2n) is 7.65. The van der Waals surface area contributed by atoms with E-state index in [0.29, 0.717) is 23.6 Å². The Morgan fingerprint density at radius 3 is 2.31 bits per heavy atom. The molecule has 2 aromatic rings. The molecule has 0 aromatic heterocycles. The van der Waals surface area contributed by atoms with E-state index in [1.54, 1.807) is 31.2 Å². The van der Waals surface area contributed by atoms with Crippen molar-refractivity contribution >= 4 is 29.5 Å². The highest BCUT2D eigenvalue weighted by Crippen LogP contribution is 2.30. The Balaban J connectivity index is 1.67. The minimum Gasteiger partial charge on any atom is -0.489 e. The van der Waals surface area contributed by atoms with Gasteiger partial charge in [0.15, 0.2) is 0 Å². The number of carboxylic acids is 1. The van der Waals surface area contributed by atoms with Crippen LogP contribution in [0.4, 0.5) is 10.5 Å². The zero-order valence-corrected chi connectivity index (χ0v) is 17.7. The van der Waals surface area contributed by atoms with E-state index >= 15 is 0 Å². The maximum atomic E-state index is 13.0. The number of anilines is 1. The van der Waals surface area contributed by atoms with E-state index in [1.165, 1.54) is 24.3 Å². The fourth-order valence-electron chi connectivity index (χ4n) is 3.17. The molecule has 0 radical (unpaired) electrons. The molecular weight excluding hydrogens is 414 g/mol. The topological polar surface area (TPSA) is 125 Å². The summed E-state index contributed by atoms with van der Waals surface area (Å²) in [4.78, 5) is 49.6. The van der Waals surface area contributed by atoms with Gasteiger partial charge in [-0.3, -0.25) is 14.5 Å². The molecule has 1 fully saturated rings. The Hall–Kier alpha value is -4.14. The molecule has 4 amide bonds. The lowest BCUT2D eigenvalue weighted by molar-refractivity contribution is -0.133. The molecule has 1 heterocycles. The van der Waals surface area contributed by atoms with Crippen molar-refractivity contribution < 1.29 is 29.0 Å². The van der Waals surface area contributed by atoms with E-state index in [1.807, 2.05) is 6.92 Å². The number of nitrogens with one attached hydrogen (secondary N) is 2. The van der Waals surface area contributed by atoms with Crippen molar-refractivity contribution in [2.24, 2.45) is 0 Å². The number of nitrogens with zero attached hydrogens (tertiary/aromatic N) is 1. The van der Waals surface area contributed by atoms with Crippen molar-refractivity contribution in [1.82, 2.24) is 10.2 Å². The van der Waals surface area contributed by atoms with Crippen molar-refractivity contribution in [3.8, 4) is 5.75 Å². The molecule has 0 bridgehead atoms. The van der Waals surface area contributed by atoms with Gasteiger partial charge in [-0.1, -0.05) is 18.7 Å².